The zero-order valence-corrected chi connectivity index (χ0v) is 11.2. The highest BCUT2D eigenvalue weighted by Crippen LogP contribution is 2.17. The predicted octanol–water partition coefficient (Wildman–Crippen LogP) is 2.00. The number of hydrogen-bond donors (Lipinski definition) is 1. The van der Waals surface area contributed by atoms with Gasteiger partial charge in [0.2, 0.25) is 5.95 Å². The Hall–Kier alpha value is -1.85. The van der Waals surface area contributed by atoms with Gasteiger partial charge in [-0.15, -0.1) is 0 Å². The van der Waals surface area contributed by atoms with Crippen molar-refractivity contribution in [1.29, 1.82) is 0 Å². The number of nitrogens with zero attached hydrogens (tertiary/aromatic N) is 4. The van der Waals surface area contributed by atoms with Crippen LogP contribution in [0, 0.1) is 19.8 Å². The topological polar surface area (TPSA) is 47.7 Å². The predicted molar refractivity (Wildman–Crippen MR) is 67.9 cm³/mol. The van der Waals surface area contributed by atoms with Gasteiger partial charge in [-0.3, -0.25) is 4.68 Å². The molecule has 2 aromatic heterocycles. The fourth-order valence-corrected chi connectivity index (χ4v) is 1.97. The first-order valence-electron chi connectivity index (χ1n) is 5.98. The highest BCUT2D eigenvalue weighted by atomic mass is 19.1. The molecule has 0 aromatic carbocycles. The molecule has 1 N–H and O–H groups in total. The third kappa shape index (κ3) is 2.10. The lowest BCUT2D eigenvalue weighted by Crippen LogP contribution is -2.08. The molecule has 18 heavy (non-hydrogen) atoms. The monoisotopic (exact) mass is 251 g/mol. The Bertz CT molecular complexity index is 536. The van der Waals surface area contributed by atoms with Gasteiger partial charge in [-0.05, 0) is 20.8 Å². The summed E-state index contributed by atoms with van der Waals surface area (Å²) in [5, 5.41) is 11.5. The Labute approximate surface area is 106 Å². The van der Waals surface area contributed by atoms with E-state index in [2.05, 4.69) is 15.5 Å². The van der Waals surface area contributed by atoms with E-state index in [9.17, 15) is 4.39 Å². The summed E-state index contributed by atoms with van der Waals surface area (Å²) in [5.74, 6) is 0.639. The van der Waals surface area contributed by atoms with E-state index in [0.29, 0.717) is 18.7 Å². The van der Waals surface area contributed by atoms with Crippen LogP contribution in [0.4, 0.5) is 10.2 Å². The van der Waals surface area contributed by atoms with Gasteiger partial charge in [0.15, 0.2) is 0 Å². The molecule has 2 rings (SSSR count). The average molecular weight is 251 g/mol. The largest absolute Gasteiger partial charge is 0.366 e. The van der Waals surface area contributed by atoms with Crippen molar-refractivity contribution in [2.24, 2.45) is 7.05 Å². The third-order valence-corrected chi connectivity index (χ3v) is 3.04. The van der Waals surface area contributed by atoms with Crippen LogP contribution < -0.4 is 5.32 Å². The van der Waals surface area contributed by atoms with E-state index in [-0.39, 0.29) is 5.95 Å². The quantitative estimate of drug-likeness (QED) is 0.904. The SMILES string of the molecule is CCn1nc(C)c(CNc2c(C)cnn2C)c1F. The smallest absolute Gasteiger partial charge is 0.216 e. The Morgan fingerprint density at radius 2 is 2.11 bits per heavy atom. The van der Waals surface area contributed by atoms with Crippen molar-refractivity contribution in [2.45, 2.75) is 33.9 Å². The van der Waals surface area contributed by atoms with Crippen LogP contribution in [0.5, 0.6) is 0 Å². The molecule has 2 heterocycles. The van der Waals surface area contributed by atoms with Gasteiger partial charge in [0.05, 0.1) is 11.9 Å². The van der Waals surface area contributed by atoms with Crippen LogP contribution in [-0.4, -0.2) is 19.6 Å². The molecule has 0 aliphatic rings. The minimum atomic E-state index is -0.262. The molecule has 0 amide bonds. The molecule has 0 aliphatic heterocycles. The lowest BCUT2D eigenvalue weighted by molar-refractivity contribution is 0.464. The van der Waals surface area contributed by atoms with Gasteiger partial charge in [-0.1, -0.05) is 0 Å². The zero-order valence-electron chi connectivity index (χ0n) is 11.2. The lowest BCUT2D eigenvalue weighted by atomic mass is 10.2. The Morgan fingerprint density at radius 3 is 2.61 bits per heavy atom. The Morgan fingerprint density at radius 1 is 1.39 bits per heavy atom. The number of halogens is 1. The molecule has 2 aromatic rings. The summed E-state index contributed by atoms with van der Waals surface area (Å²) in [4.78, 5) is 0. The van der Waals surface area contributed by atoms with E-state index in [0.717, 1.165) is 17.1 Å². The van der Waals surface area contributed by atoms with Gasteiger partial charge < -0.3 is 5.32 Å². The van der Waals surface area contributed by atoms with Crippen molar-refractivity contribution in [3.05, 3.63) is 29.0 Å². The zero-order chi connectivity index (χ0) is 13.3. The van der Waals surface area contributed by atoms with E-state index >= 15 is 0 Å². The maximum absolute atomic E-state index is 14.0. The number of anilines is 1. The minimum absolute atomic E-state index is 0.262. The molecule has 6 heteroatoms. The summed E-state index contributed by atoms with van der Waals surface area (Å²) in [6, 6.07) is 0. The second-order valence-corrected chi connectivity index (χ2v) is 4.32. The number of rotatable bonds is 4. The normalized spacial score (nSPS) is 10.9. The summed E-state index contributed by atoms with van der Waals surface area (Å²) in [6.45, 7) is 6.61. The molecular weight excluding hydrogens is 233 g/mol. The van der Waals surface area contributed by atoms with Crippen molar-refractivity contribution >= 4 is 5.82 Å². The minimum Gasteiger partial charge on any atom is -0.366 e. The summed E-state index contributed by atoms with van der Waals surface area (Å²) in [7, 11) is 1.86. The molecule has 0 unspecified atom stereocenters. The Kier molecular flexibility index (Phi) is 3.36. The average Bonchev–Trinajstić information content (AvgIpc) is 2.80. The van der Waals surface area contributed by atoms with Crippen molar-refractivity contribution in [3.63, 3.8) is 0 Å². The number of aryl methyl sites for hydroxylation is 4. The van der Waals surface area contributed by atoms with Gasteiger partial charge in [-0.2, -0.15) is 14.6 Å². The first-order valence-corrected chi connectivity index (χ1v) is 5.98. The third-order valence-electron chi connectivity index (χ3n) is 3.04. The van der Waals surface area contributed by atoms with Crippen LogP contribution >= 0.6 is 0 Å². The molecule has 0 aliphatic carbocycles. The number of nitrogens with one attached hydrogen (secondary N) is 1. The molecule has 5 nitrogen and oxygen atoms in total. The van der Waals surface area contributed by atoms with E-state index < -0.39 is 0 Å². The molecule has 0 saturated carbocycles. The second-order valence-electron chi connectivity index (χ2n) is 4.32. The van der Waals surface area contributed by atoms with Crippen molar-refractivity contribution < 1.29 is 4.39 Å². The molecular formula is C12H18FN5. The molecule has 0 fully saturated rings. The highest BCUT2D eigenvalue weighted by molar-refractivity contribution is 5.43. The molecule has 0 bridgehead atoms. The summed E-state index contributed by atoms with van der Waals surface area (Å²) in [6.07, 6.45) is 1.78. The van der Waals surface area contributed by atoms with E-state index in [4.69, 9.17) is 0 Å². The van der Waals surface area contributed by atoms with Crippen LogP contribution in [0.2, 0.25) is 0 Å². The molecule has 0 spiro atoms. The number of hydrogen-bond acceptors (Lipinski definition) is 3. The molecule has 98 valence electrons. The van der Waals surface area contributed by atoms with Crippen LogP contribution in [0.25, 0.3) is 0 Å². The highest BCUT2D eigenvalue weighted by Gasteiger charge is 2.14. The van der Waals surface area contributed by atoms with Crippen LogP contribution in [0.1, 0.15) is 23.7 Å². The van der Waals surface area contributed by atoms with Gasteiger partial charge in [0.1, 0.15) is 5.82 Å². The second kappa shape index (κ2) is 4.80. The molecule has 0 radical (unpaired) electrons. The van der Waals surface area contributed by atoms with Gasteiger partial charge in [-0.25, -0.2) is 4.68 Å². The van der Waals surface area contributed by atoms with Crippen LogP contribution in [0.3, 0.4) is 0 Å². The van der Waals surface area contributed by atoms with Crippen molar-refractivity contribution in [3.8, 4) is 0 Å². The fraction of sp³-hybridized carbons (Fsp3) is 0.500. The molecule has 0 saturated heterocycles. The van der Waals surface area contributed by atoms with E-state index in [1.54, 1.807) is 10.9 Å². The van der Waals surface area contributed by atoms with Gasteiger partial charge in [0, 0.05) is 31.3 Å². The first-order chi connectivity index (χ1) is 8.54. The van der Waals surface area contributed by atoms with E-state index in [1.165, 1.54) is 4.68 Å². The van der Waals surface area contributed by atoms with E-state index in [1.807, 2.05) is 27.8 Å². The lowest BCUT2D eigenvalue weighted by Gasteiger charge is -2.07. The van der Waals surface area contributed by atoms with Gasteiger partial charge >= 0.3 is 0 Å². The van der Waals surface area contributed by atoms with Gasteiger partial charge in [0.25, 0.3) is 0 Å². The van der Waals surface area contributed by atoms with Crippen LogP contribution in [0.15, 0.2) is 6.20 Å². The fourth-order valence-electron chi connectivity index (χ4n) is 1.97. The van der Waals surface area contributed by atoms with Crippen molar-refractivity contribution in [1.82, 2.24) is 19.6 Å². The summed E-state index contributed by atoms with van der Waals surface area (Å²) in [5.41, 5.74) is 2.37. The Balaban J connectivity index is 2.18. The first kappa shape index (κ1) is 12.6. The maximum atomic E-state index is 14.0. The summed E-state index contributed by atoms with van der Waals surface area (Å²) < 4.78 is 17.1. The summed E-state index contributed by atoms with van der Waals surface area (Å²) >= 11 is 0. The maximum Gasteiger partial charge on any atom is 0.216 e. The van der Waals surface area contributed by atoms with Crippen LogP contribution in [-0.2, 0) is 20.1 Å². The standard InChI is InChI=1S/C12H18FN5/c1-5-18-11(13)10(9(3)16-18)7-14-12-8(2)6-15-17(12)4/h6,14H,5,7H2,1-4H3. The molecule has 0 atom stereocenters. The van der Waals surface area contributed by atoms with Crippen molar-refractivity contribution in [2.75, 3.05) is 5.32 Å². The number of aromatic nitrogens is 4.